The van der Waals surface area contributed by atoms with Crippen LogP contribution in [0.4, 0.5) is 0 Å². The molecule has 5 heteroatoms. The van der Waals surface area contributed by atoms with Crippen molar-refractivity contribution in [1.82, 2.24) is 10.2 Å². The Bertz CT molecular complexity index is 747. The van der Waals surface area contributed by atoms with Gasteiger partial charge in [-0.05, 0) is 45.5 Å². The molecule has 1 amide bonds. The second kappa shape index (κ2) is 7.03. The summed E-state index contributed by atoms with van der Waals surface area (Å²) < 4.78 is 1.07. The van der Waals surface area contributed by atoms with Crippen LogP contribution in [-0.4, -0.2) is 37.0 Å². The van der Waals surface area contributed by atoms with Crippen LogP contribution in [0.1, 0.15) is 47.3 Å². The number of halogens is 1. The molecular weight excluding hydrogens is 340 g/mol. The highest BCUT2D eigenvalue weighted by molar-refractivity contribution is 7.21. The van der Waals surface area contributed by atoms with E-state index in [1.807, 2.05) is 12.1 Å². The van der Waals surface area contributed by atoms with E-state index < -0.39 is 0 Å². The fourth-order valence-corrected chi connectivity index (χ4v) is 5.17. The number of carbonyl (C=O) groups excluding carboxylic acids is 1. The third-order valence-corrected chi connectivity index (χ3v) is 6.96. The number of fused-ring (bicyclic) bond motifs is 1. The van der Waals surface area contributed by atoms with E-state index in [0.29, 0.717) is 16.4 Å². The summed E-state index contributed by atoms with van der Waals surface area (Å²) in [6, 6.07) is 6.12. The van der Waals surface area contributed by atoms with Crippen molar-refractivity contribution in [2.75, 3.05) is 20.6 Å². The van der Waals surface area contributed by atoms with Crippen molar-refractivity contribution >= 4 is 38.9 Å². The van der Waals surface area contributed by atoms with Crippen LogP contribution in [0.15, 0.2) is 18.2 Å². The van der Waals surface area contributed by atoms with Gasteiger partial charge in [0.2, 0.25) is 0 Å². The predicted octanol–water partition coefficient (Wildman–Crippen LogP) is 4.86. The Morgan fingerprint density at radius 1 is 1.29 bits per heavy atom. The first kappa shape index (κ1) is 17.7. The average molecular weight is 365 g/mol. The van der Waals surface area contributed by atoms with Gasteiger partial charge in [-0.3, -0.25) is 4.79 Å². The highest BCUT2D eigenvalue weighted by Crippen LogP contribution is 2.36. The third kappa shape index (κ3) is 3.32. The summed E-state index contributed by atoms with van der Waals surface area (Å²) >= 11 is 7.94. The van der Waals surface area contributed by atoms with Gasteiger partial charge in [0.25, 0.3) is 5.91 Å². The highest BCUT2D eigenvalue weighted by Gasteiger charge is 2.34. The van der Waals surface area contributed by atoms with Crippen molar-refractivity contribution in [3.63, 3.8) is 0 Å². The first-order chi connectivity index (χ1) is 11.4. The van der Waals surface area contributed by atoms with Crippen LogP contribution in [0.2, 0.25) is 5.02 Å². The standard InChI is InChI=1S/C19H25ClN2OS/c1-13-7-8-14-15(11-13)24-17(16(14)20)18(23)21-12-19(22(2)3)9-5-4-6-10-19/h7-8,11H,4-6,9-10,12H2,1-3H3,(H,21,23). The van der Waals surface area contributed by atoms with Gasteiger partial charge in [0.1, 0.15) is 4.88 Å². The zero-order chi connectivity index (χ0) is 17.3. The maximum absolute atomic E-state index is 12.7. The van der Waals surface area contributed by atoms with Crippen LogP contribution in [0.25, 0.3) is 10.1 Å². The van der Waals surface area contributed by atoms with E-state index in [0.717, 1.165) is 22.9 Å². The number of nitrogens with one attached hydrogen (secondary N) is 1. The maximum atomic E-state index is 12.7. The molecule has 3 rings (SSSR count). The van der Waals surface area contributed by atoms with Crippen LogP contribution < -0.4 is 5.32 Å². The molecule has 0 saturated heterocycles. The zero-order valence-corrected chi connectivity index (χ0v) is 16.2. The number of hydrogen-bond acceptors (Lipinski definition) is 3. The van der Waals surface area contributed by atoms with Crippen molar-refractivity contribution in [3.05, 3.63) is 33.7 Å². The SMILES string of the molecule is Cc1ccc2c(Cl)c(C(=O)NCC3(N(C)C)CCCCC3)sc2c1. The molecule has 2 aromatic rings. The van der Waals surface area contributed by atoms with Crippen LogP contribution in [-0.2, 0) is 0 Å². The van der Waals surface area contributed by atoms with Gasteiger partial charge in [-0.2, -0.15) is 0 Å². The van der Waals surface area contributed by atoms with Crippen LogP contribution in [0.3, 0.4) is 0 Å². The lowest BCUT2D eigenvalue weighted by Gasteiger charge is -2.43. The predicted molar refractivity (Wildman–Crippen MR) is 103 cm³/mol. The van der Waals surface area contributed by atoms with Crippen molar-refractivity contribution in [1.29, 1.82) is 0 Å². The summed E-state index contributed by atoms with van der Waals surface area (Å²) in [5.74, 6) is -0.0503. The molecule has 1 aromatic heterocycles. The second-order valence-electron chi connectivity index (χ2n) is 7.11. The van der Waals surface area contributed by atoms with Crippen LogP contribution >= 0.6 is 22.9 Å². The summed E-state index contributed by atoms with van der Waals surface area (Å²) in [6.45, 7) is 2.74. The van der Waals surface area contributed by atoms with Gasteiger partial charge in [-0.15, -0.1) is 11.3 Å². The molecule has 0 radical (unpaired) electrons. The largest absolute Gasteiger partial charge is 0.349 e. The van der Waals surface area contributed by atoms with E-state index in [1.54, 1.807) is 0 Å². The molecule has 0 bridgehead atoms. The molecule has 1 saturated carbocycles. The monoisotopic (exact) mass is 364 g/mol. The topological polar surface area (TPSA) is 32.3 Å². The minimum absolute atomic E-state index is 0.0503. The van der Waals surface area contributed by atoms with Crippen LogP contribution in [0.5, 0.6) is 0 Å². The quantitative estimate of drug-likeness (QED) is 0.840. The van der Waals surface area contributed by atoms with E-state index in [2.05, 4.69) is 37.3 Å². The fourth-order valence-electron chi connectivity index (χ4n) is 3.64. The van der Waals surface area contributed by atoms with E-state index >= 15 is 0 Å². The van der Waals surface area contributed by atoms with E-state index in [1.165, 1.54) is 36.2 Å². The molecule has 0 atom stereocenters. The lowest BCUT2D eigenvalue weighted by Crippen LogP contribution is -2.53. The minimum Gasteiger partial charge on any atom is -0.349 e. The van der Waals surface area contributed by atoms with Crippen LogP contribution in [0, 0.1) is 6.92 Å². The Morgan fingerprint density at radius 3 is 2.67 bits per heavy atom. The smallest absolute Gasteiger partial charge is 0.262 e. The number of aryl methyl sites for hydroxylation is 1. The third-order valence-electron chi connectivity index (χ3n) is 5.30. The normalized spacial score (nSPS) is 17.4. The lowest BCUT2D eigenvalue weighted by molar-refractivity contribution is 0.0802. The molecule has 1 aromatic carbocycles. The summed E-state index contributed by atoms with van der Waals surface area (Å²) in [5.41, 5.74) is 1.26. The molecule has 1 N–H and O–H groups in total. The van der Waals surface area contributed by atoms with Crippen molar-refractivity contribution < 1.29 is 4.79 Å². The molecule has 0 unspecified atom stereocenters. The number of nitrogens with zero attached hydrogens (tertiary/aromatic N) is 1. The molecule has 130 valence electrons. The number of hydrogen-bond donors (Lipinski definition) is 1. The molecule has 1 aliphatic rings. The summed E-state index contributed by atoms with van der Waals surface area (Å²) in [6.07, 6.45) is 6.04. The van der Waals surface area contributed by atoms with Gasteiger partial charge in [0.05, 0.1) is 5.02 Å². The van der Waals surface area contributed by atoms with Crippen molar-refractivity contribution in [2.24, 2.45) is 0 Å². The Labute approximate surface area is 153 Å². The summed E-state index contributed by atoms with van der Waals surface area (Å²) in [7, 11) is 4.24. The van der Waals surface area contributed by atoms with Gasteiger partial charge in [0.15, 0.2) is 0 Å². The Hall–Kier alpha value is -1.10. The first-order valence-corrected chi connectivity index (χ1v) is 9.77. The Kier molecular flexibility index (Phi) is 5.19. The van der Waals surface area contributed by atoms with Gasteiger partial charge < -0.3 is 10.2 Å². The van der Waals surface area contributed by atoms with E-state index in [4.69, 9.17) is 11.6 Å². The number of likely N-dealkylation sites (N-methyl/N-ethyl adjacent to an activating group) is 1. The van der Waals surface area contributed by atoms with E-state index in [9.17, 15) is 4.79 Å². The summed E-state index contributed by atoms with van der Waals surface area (Å²) in [5, 5.41) is 4.70. The number of benzene rings is 1. The van der Waals surface area contributed by atoms with Crippen molar-refractivity contribution in [2.45, 2.75) is 44.6 Å². The second-order valence-corrected chi connectivity index (χ2v) is 8.54. The molecular formula is C19H25ClN2OS. The van der Waals surface area contributed by atoms with E-state index in [-0.39, 0.29) is 11.4 Å². The zero-order valence-electron chi connectivity index (χ0n) is 14.6. The molecule has 24 heavy (non-hydrogen) atoms. The van der Waals surface area contributed by atoms with Gasteiger partial charge in [0, 0.05) is 22.2 Å². The molecule has 0 aliphatic heterocycles. The minimum atomic E-state index is -0.0503. The van der Waals surface area contributed by atoms with Crippen molar-refractivity contribution in [3.8, 4) is 0 Å². The summed E-state index contributed by atoms with van der Waals surface area (Å²) in [4.78, 5) is 15.6. The molecule has 0 spiro atoms. The molecule has 1 heterocycles. The molecule has 1 fully saturated rings. The number of carbonyl (C=O) groups is 1. The molecule has 3 nitrogen and oxygen atoms in total. The van der Waals surface area contributed by atoms with Gasteiger partial charge in [-0.25, -0.2) is 0 Å². The average Bonchev–Trinajstić information content (AvgIpc) is 2.89. The Morgan fingerprint density at radius 2 is 2.00 bits per heavy atom. The highest BCUT2D eigenvalue weighted by atomic mass is 35.5. The first-order valence-electron chi connectivity index (χ1n) is 8.57. The Balaban J connectivity index is 1.78. The fraction of sp³-hybridized carbons (Fsp3) is 0.526. The number of amides is 1. The number of thiophene rings is 1. The number of rotatable bonds is 4. The van der Waals surface area contributed by atoms with Gasteiger partial charge >= 0.3 is 0 Å². The lowest BCUT2D eigenvalue weighted by atomic mass is 9.80. The van der Waals surface area contributed by atoms with Gasteiger partial charge in [-0.1, -0.05) is 43.0 Å². The maximum Gasteiger partial charge on any atom is 0.262 e. The molecule has 1 aliphatic carbocycles.